The monoisotopic (exact) mass is 435 g/mol. The van der Waals surface area contributed by atoms with Crippen molar-refractivity contribution in [1.82, 2.24) is 9.80 Å². The van der Waals surface area contributed by atoms with Gasteiger partial charge in [-0.05, 0) is 24.5 Å². The van der Waals surface area contributed by atoms with Gasteiger partial charge in [-0.25, -0.2) is 4.79 Å². The maximum absolute atomic E-state index is 13.2. The third kappa shape index (κ3) is 7.08. The van der Waals surface area contributed by atoms with Crippen LogP contribution < -0.4 is 5.32 Å². The van der Waals surface area contributed by atoms with Crippen LogP contribution in [0.5, 0.6) is 0 Å². The largest absolute Gasteiger partial charge is 0.449 e. The summed E-state index contributed by atoms with van der Waals surface area (Å²) in [5.41, 5.74) is -1.44. The summed E-state index contributed by atoms with van der Waals surface area (Å²) >= 11 is 5.87. The van der Waals surface area contributed by atoms with Gasteiger partial charge >= 0.3 is 12.3 Å². The lowest BCUT2D eigenvalue weighted by Crippen LogP contribution is -2.38. The number of nitrogens with zero attached hydrogens (tertiary/aromatic N) is 2. The van der Waals surface area contributed by atoms with Crippen LogP contribution in [-0.2, 0) is 15.7 Å². The molecule has 1 aliphatic rings. The zero-order chi connectivity index (χ0) is 21.6. The van der Waals surface area contributed by atoms with Crippen molar-refractivity contribution >= 4 is 29.3 Å². The third-order valence-electron chi connectivity index (χ3n) is 4.34. The van der Waals surface area contributed by atoms with E-state index in [0.717, 1.165) is 6.07 Å². The molecule has 1 N–H and O–H groups in total. The van der Waals surface area contributed by atoms with Crippen molar-refractivity contribution in [1.29, 1.82) is 0 Å². The molecule has 0 aromatic heterocycles. The molecule has 0 atom stereocenters. The van der Waals surface area contributed by atoms with Crippen LogP contribution in [0.3, 0.4) is 0 Å². The summed E-state index contributed by atoms with van der Waals surface area (Å²) in [6.45, 7) is 5.95. The molecule has 6 nitrogen and oxygen atoms in total. The van der Waals surface area contributed by atoms with Crippen molar-refractivity contribution in [3.8, 4) is 0 Å². The predicted octanol–water partition coefficient (Wildman–Crippen LogP) is 4.10. The van der Waals surface area contributed by atoms with Crippen molar-refractivity contribution < 1.29 is 27.5 Å². The molecule has 1 aromatic carbocycles. The summed E-state index contributed by atoms with van der Waals surface area (Å²) in [5, 5.41) is 2.10. The summed E-state index contributed by atoms with van der Waals surface area (Å²) in [5.74, 6) is -0.364. The highest BCUT2D eigenvalue weighted by molar-refractivity contribution is 6.34. The maximum Gasteiger partial charge on any atom is 0.418 e. The molecule has 0 bridgehead atoms. The molecule has 29 heavy (non-hydrogen) atoms. The Morgan fingerprint density at radius 2 is 1.93 bits per heavy atom. The van der Waals surface area contributed by atoms with Crippen molar-refractivity contribution in [3.63, 3.8) is 0 Å². The minimum Gasteiger partial charge on any atom is -0.449 e. The number of halogens is 4. The van der Waals surface area contributed by atoms with Crippen LogP contribution >= 0.6 is 11.6 Å². The Morgan fingerprint density at radius 1 is 1.21 bits per heavy atom. The Bertz CT molecular complexity index is 728. The molecule has 0 radical (unpaired) electrons. The van der Waals surface area contributed by atoms with E-state index in [0.29, 0.717) is 39.2 Å². The molecule has 1 saturated heterocycles. The second-order valence-corrected chi connectivity index (χ2v) is 7.70. The van der Waals surface area contributed by atoms with Crippen molar-refractivity contribution in [2.24, 2.45) is 5.92 Å². The first kappa shape index (κ1) is 23.3. The van der Waals surface area contributed by atoms with E-state index in [2.05, 4.69) is 5.32 Å². The molecule has 1 aromatic rings. The van der Waals surface area contributed by atoms with Crippen LogP contribution in [0.15, 0.2) is 18.2 Å². The lowest BCUT2D eigenvalue weighted by molar-refractivity contribution is -0.137. The van der Waals surface area contributed by atoms with Gasteiger partial charge in [-0.2, -0.15) is 13.2 Å². The van der Waals surface area contributed by atoms with E-state index in [1.165, 1.54) is 12.1 Å². The fraction of sp³-hybridized carbons (Fsp3) is 0.579. The number of carbonyl (C=O) groups excluding carboxylic acids is 2. The van der Waals surface area contributed by atoms with E-state index in [1.807, 2.05) is 13.8 Å². The number of nitrogens with one attached hydrogen (secondary N) is 1. The van der Waals surface area contributed by atoms with Gasteiger partial charge in [0.15, 0.2) is 0 Å². The number of hydrogen-bond acceptors (Lipinski definition) is 4. The van der Waals surface area contributed by atoms with E-state index >= 15 is 0 Å². The number of ether oxygens (including phenoxy) is 1. The average molecular weight is 436 g/mol. The van der Waals surface area contributed by atoms with E-state index < -0.39 is 29.4 Å². The number of hydrogen-bond donors (Lipinski definition) is 1. The molecular formula is C19H25ClF3N3O3. The summed E-state index contributed by atoms with van der Waals surface area (Å²) < 4.78 is 44.7. The number of para-hydroxylation sites is 1. The minimum atomic E-state index is -4.63. The number of alkyl halides is 3. The number of rotatable bonds is 5. The lowest BCUT2D eigenvalue weighted by Gasteiger charge is -2.22. The van der Waals surface area contributed by atoms with Crippen LogP contribution in [-0.4, -0.2) is 61.1 Å². The SMILES string of the molecule is CC(C)COC(=O)N1CCCN(CC(=O)Nc2c(Cl)cccc2C(F)(F)F)CC1. The van der Waals surface area contributed by atoms with E-state index in [4.69, 9.17) is 16.3 Å². The second kappa shape index (κ2) is 10.2. The first-order valence-corrected chi connectivity index (χ1v) is 9.75. The molecule has 1 heterocycles. The zero-order valence-electron chi connectivity index (χ0n) is 16.4. The fourth-order valence-corrected chi connectivity index (χ4v) is 3.13. The number of benzene rings is 1. The Morgan fingerprint density at radius 3 is 2.59 bits per heavy atom. The minimum absolute atomic E-state index is 0.0998. The second-order valence-electron chi connectivity index (χ2n) is 7.30. The van der Waals surface area contributed by atoms with Gasteiger partial charge < -0.3 is 15.0 Å². The van der Waals surface area contributed by atoms with E-state index in [9.17, 15) is 22.8 Å². The summed E-state index contributed by atoms with van der Waals surface area (Å²) in [6.07, 6.45) is -4.40. The van der Waals surface area contributed by atoms with Crippen LogP contribution in [0, 0.1) is 5.92 Å². The molecule has 0 aliphatic carbocycles. The fourth-order valence-electron chi connectivity index (χ4n) is 2.91. The van der Waals surface area contributed by atoms with Crippen molar-refractivity contribution in [2.45, 2.75) is 26.4 Å². The lowest BCUT2D eigenvalue weighted by atomic mass is 10.1. The Labute approximate surface area is 172 Å². The standard InChI is InChI=1S/C19H25ClF3N3O3/c1-13(2)12-29-18(28)26-8-4-7-25(9-10-26)11-16(27)24-17-14(19(21,22)23)5-3-6-15(17)20/h3,5-6,13H,4,7-12H2,1-2H3,(H,24,27). The Hall–Kier alpha value is -2.00. The highest BCUT2D eigenvalue weighted by Crippen LogP contribution is 2.38. The van der Waals surface area contributed by atoms with E-state index in [1.54, 1.807) is 9.80 Å². The molecule has 0 unspecified atom stereocenters. The van der Waals surface area contributed by atoms with Gasteiger partial charge in [0.25, 0.3) is 0 Å². The van der Waals surface area contributed by atoms with Crippen LogP contribution in [0.4, 0.5) is 23.7 Å². The molecule has 162 valence electrons. The van der Waals surface area contributed by atoms with Gasteiger partial charge in [0, 0.05) is 26.2 Å². The number of anilines is 1. The van der Waals surface area contributed by atoms with Crippen molar-refractivity contribution in [3.05, 3.63) is 28.8 Å². The molecule has 2 rings (SSSR count). The predicted molar refractivity (Wildman–Crippen MR) is 104 cm³/mol. The molecule has 10 heteroatoms. The van der Waals surface area contributed by atoms with Gasteiger partial charge in [0.1, 0.15) is 0 Å². The van der Waals surface area contributed by atoms with Crippen LogP contribution in [0.1, 0.15) is 25.8 Å². The smallest absolute Gasteiger partial charge is 0.418 e. The first-order valence-electron chi connectivity index (χ1n) is 9.37. The van der Waals surface area contributed by atoms with Gasteiger partial charge in [-0.15, -0.1) is 0 Å². The summed E-state index contributed by atoms with van der Waals surface area (Å²) in [6, 6.07) is 3.34. The Balaban J connectivity index is 1.93. The van der Waals surface area contributed by atoms with Gasteiger partial charge in [-0.1, -0.05) is 31.5 Å². The highest BCUT2D eigenvalue weighted by atomic mass is 35.5. The van der Waals surface area contributed by atoms with Crippen LogP contribution in [0.2, 0.25) is 5.02 Å². The Kier molecular flexibility index (Phi) is 8.15. The highest BCUT2D eigenvalue weighted by Gasteiger charge is 2.35. The molecule has 0 spiro atoms. The van der Waals surface area contributed by atoms with Gasteiger partial charge in [-0.3, -0.25) is 9.69 Å². The number of carbonyl (C=O) groups is 2. The quantitative estimate of drug-likeness (QED) is 0.756. The average Bonchev–Trinajstić information content (AvgIpc) is 2.86. The van der Waals surface area contributed by atoms with Crippen molar-refractivity contribution in [2.75, 3.05) is 44.6 Å². The van der Waals surface area contributed by atoms with Gasteiger partial charge in [0.05, 0.1) is 29.4 Å². The third-order valence-corrected chi connectivity index (χ3v) is 4.65. The van der Waals surface area contributed by atoms with Crippen LogP contribution in [0.25, 0.3) is 0 Å². The van der Waals surface area contributed by atoms with Gasteiger partial charge in [0.2, 0.25) is 5.91 Å². The zero-order valence-corrected chi connectivity index (χ0v) is 17.1. The number of amides is 2. The summed E-state index contributed by atoms with van der Waals surface area (Å²) in [7, 11) is 0. The molecule has 0 saturated carbocycles. The molecule has 1 fully saturated rings. The topological polar surface area (TPSA) is 61.9 Å². The molecule has 2 amide bonds. The summed E-state index contributed by atoms with van der Waals surface area (Å²) in [4.78, 5) is 27.8. The first-order chi connectivity index (χ1) is 13.6. The maximum atomic E-state index is 13.2. The normalized spacial score (nSPS) is 15.9. The molecule has 1 aliphatic heterocycles. The molecular weight excluding hydrogens is 411 g/mol. The van der Waals surface area contributed by atoms with E-state index in [-0.39, 0.29) is 17.5 Å².